The van der Waals surface area contributed by atoms with Gasteiger partial charge in [-0.1, -0.05) is 38.1 Å². The minimum absolute atomic E-state index is 0.0755. The van der Waals surface area contributed by atoms with Crippen LogP contribution in [0.15, 0.2) is 48.0 Å². The summed E-state index contributed by atoms with van der Waals surface area (Å²) in [5.41, 5.74) is 2.39. The Hall–Kier alpha value is -3.36. The van der Waals surface area contributed by atoms with E-state index in [4.69, 9.17) is 14.2 Å². The first-order valence-electron chi connectivity index (χ1n) is 12.3. The number of hydrogen-bond donors (Lipinski definition) is 1. The Balaban J connectivity index is 1.76. The van der Waals surface area contributed by atoms with Gasteiger partial charge in [0.15, 0.2) is 11.5 Å². The summed E-state index contributed by atoms with van der Waals surface area (Å²) in [7, 11) is 3.03. The van der Waals surface area contributed by atoms with E-state index >= 15 is 0 Å². The van der Waals surface area contributed by atoms with Gasteiger partial charge in [0, 0.05) is 31.7 Å². The van der Waals surface area contributed by atoms with Gasteiger partial charge < -0.3 is 24.2 Å². The third kappa shape index (κ3) is 5.10. The van der Waals surface area contributed by atoms with Crippen LogP contribution in [-0.4, -0.2) is 80.2 Å². The number of carbonyl (C=O) groups is 2. The number of amides is 1. The van der Waals surface area contributed by atoms with E-state index in [1.165, 1.54) is 14.2 Å². The third-order valence-corrected chi connectivity index (χ3v) is 6.88. The van der Waals surface area contributed by atoms with E-state index in [0.717, 1.165) is 24.2 Å². The maximum Gasteiger partial charge on any atom is 0.295 e. The second-order valence-electron chi connectivity index (χ2n) is 9.34. The molecule has 0 saturated carbocycles. The monoisotopic (exact) mass is 494 g/mol. The van der Waals surface area contributed by atoms with E-state index in [1.54, 1.807) is 23.1 Å². The number of aliphatic hydroxyl groups excluding tert-OH is 1. The lowest BCUT2D eigenvalue weighted by Gasteiger charge is -2.31. The molecule has 1 N–H and O–H groups in total. The fourth-order valence-corrected chi connectivity index (χ4v) is 4.73. The standard InChI is InChI=1S/C28H34N2O6/c1-18(2)19-5-7-20(8-6-19)25-24(26(31)21-9-10-22(34-3)23(17-21)35-4)27(32)28(33)30(25)12-11-29-13-15-36-16-14-29/h5-10,17-18,25,31H,11-16H2,1-4H3/b26-24+/t25-/m0/s1. The highest BCUT2D eigenvalue weighted by Crippen LogP contribution is 2.40. The van der Waals surface area contributed by atoms with Gasteiger partial charge in [-0.05, 0) is 35.2 Å². The Morgan fingerprint density at radius 1 is 1.00 bits per heavy atom. The molecule has 0 spiro atoms. The van der Waals surface area contributed by atoms with Crippen molar-refractivity contribution in [3.8, 4) is 11.5 Å². The predicted octanol–water partition coefficient (Wildman–Crippen LogP) is 3.58. The zero-order chi connectivity index (χ0) is 25.8. The lowest BCUT2D eigenvalue weighted by Crippen LogP contribution is -2.42. The number of ketones is 1. The Bertz CT molecular complexity index is 1140. The molecule has 36 heavy (non-hydrogen) atoms. The zero-order valence-electron chi connectivity index (χ0n) is 21.3. The molecule has 4 rings (SSSR count). The number of methoxy groups -OCH3 is 2. The fourth-order valence-electron chi connectivity index (χ4n) is 4.73. The number of ether oxygens (including phenoxy) is 3. The van der Waals surface area contributed by atoms with E-state index < -0.39 is 17.7 Å². The number of Topliss-reactive ketones (excluding diaryl/α,β-unsaturated/α-hetero) is 1. The van der Waals surface area contributed by atoms with E-state index in [1.807, 2.05) is 24.3 Å². The first kappa shape index (κ1) is 25.7. The van der Waals surface area contributed by atoms with Gasteiger partial charge in [0.2, 0.25) is 0 Å². The summed E-state index contributed by atoms with van der Waals surface area (Å²) in [6.07, 6.45) is 0. The number of rotatable bonds is 8. The molecule has 2 aliphatic rings. The van der Waals surface area contributed by atoms with E-state index in [0.29, 0.717) is 49.3 Å². The van der Waals surface area contributed by atoms with Crippen molar-refractivity contribution in [2.75, 3.05) is 53.6 Å². The first-order chi connectivity index (χ1) is 17.3. The number of aliphatic hydroxyl groups is 1. The van der Waals surface area contributed by atoms with Crippen LogP contribution in [0.5, 0.6) is 11.5 Å². The van der Waals surface area contributed by atoms with Crippen molar-refractivity contribution in [2.24, 2.45) is 0 Å². The van der Waals surface area contributed by atoms with E-state index in [9.17, 15) is 14.7 Å². The molecule has 8 heteroatoms. The van der Waals surface area contributed by atoms with Crippen LogP contribution in [0.25, 0.3) is 5.76 Å². The summed E-state index contributed by atoms with van der Waals surface area (Å²) in [5, 5.41) is 11.4. The quantitative estimate of drug-likeness (QED) is 0.341. The molecule has 2 aromatic carbocycles. The van der Waals surface area contributed by atoms with Gasteiger partial charge in [0.05, 0.1) is 39.0 Å². The second kappa shape index (κ2) is 11.1. The molecular weight excluding hydrogens is 460 g/mol. The first-order valence-corrected chi connectivity index (χ1v) is 12.3. The summed E-state index contributed by atoms with van der Waals surface area (Å²) in [6, 6.07) is 12.1. The van der Waals surface area contributed by atoms with Crippen molar-refractivity contribution in [1.82, 2.24) is 9.80 Å². The van der Waals surface area contributed by atoms with Crippen LogP contribution < -0.4 is 9.47 Å². The molecule has 1 atom stereocenters. The molecule has 2 aromatic rings. The van der Waals surface area contributed by atoms with Crippen LogP contribution in [0.4, 0.5) is 0 Å². The molecule has 2 aliphatic heterocycles. The molecule has 0 radical (unpaired) electrons. The zero-order valence-corrected chi connectivity index (χ0v) is 21.3. The molecule has 2 saturated heterocycles. The summed E-state index contributed by atoms with van der Waals surface area (Å²) in [6.45, 7) is 8.07. The molecule has 192 valence electrons. The number of carbonyl (C=O) groups excluding carboxylic acids is 2. The average molecular weight is 495 g/mol. The maximum atomic E-state index is 13.3. The van der Waals surface area contributed by atoms with Crippen molar-refractivity contribution in [2.45, 2.75) is 25.8 Å². The van der Waals surface area contributed by atoms with Crippen LogP contribution in [0.3, 0.4) is 0 Å². The Morgan fingerprint density at radius 3 is 2.28 bits per heavy atom. The molecule has 0 bridgehead atoms. The van der Waals surface area contributed by atoms with Crippen molar-refractivity contribution in [3.05, 3.63) is 64.7 Å². The molecule has 2 heterocycles. The van der Waals surface area contributed by atoms with Gasteiger partial charge in [-0.2, -0.15) is 0 Å². The van der Waals surface area contributed by atoms with Gasteiger partial charge in [0.1, 0.15) is 5.76 Å². The van der Waals surface area contributed by atoms with Crippen LogP contribution in [0, 0.1) is 0 Å². The molecular formula is C28H34N2O6. The Kier molecular flexibility index (Phi) is 7.96. The van der Waals surface area contributed by atoms with Gasteiger partial charge >= 0.3 is 0 Å². The molecule has 2 fully saturated rings. The smallest absolute Gasteiger partial charge is 0.295 e. The number of likely N-dealkylation sites (tertiary alicyclic amines) is 1. The Labute approximate surface area is 212 Å². The van der Waals surface area contributed by atoms with Crippen LogP contribution in [0.1, 0.15) is 42.5 Å². The minimum atomic E-state index is -0.694. The topological polar surface area (TPSA) is 88.5 Å². The summed E-state index contributed by atoms with van der Waals surface area (Å²) >= 11 is 0. The highest BCUT2D eigenvalue weighted by Gasteiger charge is 2.46. The molecule has 0 aromatic heterocycles. The Morgan fingerprint density at radius 2 is 1.67 bits per heavy atom. The SMILES string of the molecule is COc1ccc(/C(O)=C2\C(=O)C(=O)N(CCN3CCOCC3)[C@H]2c2ccc(C(C)C)cc2)cc1OC. The molecule has 0 unspecified atom stereocenters. The number of nitrogens with zero attached hydrogens (tertiary/aromatic N) is 2. The summed E-state index contributed by atoms with van der Waals surface area (Å²) in [5.74, 6) is -0.271. The highest BCUT2D eigenvalue weighted by atomic mass is 16.5. The van der Waals surface area contributed by atoms with Crippen molar-refractivity contribution in [1.29, 1.82) is 0 Å². The lowest BCUT2D eigenvalue weighted by atomic mass is 9.93. The maximum absolute atomic E-state index is 13.3. The highest BCUT2D eigenvalue weighted by molar-refractivity contribution is 6.46. The summed E-state index contributed by atoms with van der Waals surface area (Å²) < 4.78 is 16.1. The van der Waals surface area contributed by atoms with Crippen molar-refractivity contribution < 1.29 is 28.9 Å². The largest absolute Gasteiger partial charge is 0.507 e. The predicted molar refractivity (Wildman–Crippen MR) is 136 cm³/mol. The van der Waals surface area contributed by atoms with E-state index in [2.05, 4.69) is 18.7 Å². The summed E-state index contributed by atoms with van der Waals surface area (Å²) in [4.78, 5) is 30.4. The van der Waals surface area contributed by atoms with E-state index in [-0.39, 0.29) is 11.3 Å². The van der Waals surface area contributed by atoms with Crippen LogP contribution in [-0.2, 0) is 14.3 Å². The molecule has 0 aliphatic carbocycles. The van der Waals surface area contributed by atoms with Crippen LogP contribution in [0.2, 0.25) is 0 Å². The minimum Gasteiger partial charge on any atom is -0.507 e. The molecule has 8 nitrogen and oxygen atoms in total. The number of hydrogen-bond acceptors (Lipinski definition) is 7. The van der Waals surface area contributed by atoms with Gasteiger partial charge in [-0.25, -0.2) is 0 Å². The third-order valence-electron chi connectivity index (χ3n) is 6.88. The van der Waals surface area contributed by atoms with Crippen molar-refractivity contribution >= 4 is 17.4 Å². The second-order valence-corrected chi connectivity index (χ2v) is 9.34. The normalized spacial score (nSPS) is 20.2. The van der Waals surface area contributed by atoms with Gasteiger partial charge in [-0.15, -0.1) is 0 Å². The van der Waals surface area contributed by atoms with Crippen LogP contribution >= 0.6 is 0 Å². The lowest BCUT2D eigenvalue weighted by molar-refractivity contribution is -0.140. The fraction of sp³-hybridized carbons (Fsp3) is 0.429. The molecule has 1 amide bonds. The van der Waals surface area contributed by atoms with Gasteiger partial charge in [-0.3, -0.25) is 14.5 Å². The number of benzene rings is 2. The number of morpholine rings is 1. The average Bonchev–Trinajstić information content (AvgIpc) is 3.16. The van der Waals surface area contributed by atoms with Gasteiger partial charge in [0.25, 0.3) is 11.7 Å². The van der Waals surface area contributed by atoms with Crippen molar-refractivity contribution in [3.63, 3.8) is 0 Å².